The molecule has 1 heterocycles. The summed E-state index contributed by atoms with van der Waals surface area (Å²) in [5.74, 6) is -1.36. The van der Waals surface area contributed by atoms with E-state index in [1.54, 1.807) is 24.3 Å². The highest BCUT2D eigenvalue weighted by molar-refractivity contribution is 7.99. The molecule has 0 aliphatic carbocycles. The van der Waals surface area contributed by atoms with Crippen LogP contribution in [0.25, 0.3) is 11.5 Å². The maximum Gasteiger partial charge on any atom is 0.325 e. The first-order valence-corrected chi connectivity index (χ1v) is 8.02. The van der Waals surface area contributed by atoms with Gasteiger partial charge in [-0.15, -0.1) is 10.2 Å². The Kier molecular flexibility index (Phi) is 5.95. The molecule has 0 saturated carbocycles. The molecular formula is C14H16N6O4S. The molecule has 0 fully saturated rings. The average Bonchev–Trinajstić information content (AvgIpc) is 3.02. The summed E-state index contributed by atoms with van der Waals surface area (Å²) in [6.07, 6.45) is 0. The summed E-state index contributed by atoms with van der Waals surface area (Å²) in [5, 5.41) is 19.0. The molecule has 1 aromatic carbocycles. The Morgan fingerprint density at radius 3 is 2.60 bits per heavy atom. The van der Waals surface area contributed by atoms with E-state index in [0.29, 0.717) is 11.3 Å². The minimum Gasteiger partial charge on any atom is -0.480 e. The lowest BCUT2D eigenvalue weighted by atomic mass is 10.2. The Morgan fingerprint density at radius 1 is 1.32 bits per heavy atom. The molecule has 132 valence electrons. The number of carboxylic acids is 1. The van der Waals surface area contributed by atoms with Gasteiger partial charge in [-0.2, -0.15) is 0 Å². The molecule has 2 aromatic rings. The summed E-state index contributed by atoms with van der Waals surface area (Å²) >= 11 is 1.01. The number of rotatable bonds is 7. The number of nitrogens with two attached hydrogens (primary N) is 2. The maximum atomic E-state index is 11.6. The highest BCUT2D eigenvalue weighted by Gasteiger charge is 2.15. The van der Waals surface area contributed by atoms with E-state index in [0.717, 1.165) is 11.8 Å². The third kappa shape index (κ3) is 5.49. The second-order valence-corrected chi connectivity index (χ2v) is 5.80. The van der Waals surface area contributed by atoms with E-state index in [1.807, 2.05) is 0 Å². The molecule has 0 aliphatic rings. The predicted molar refractivity (Wildman–Crippen MR) is 91.2 cm³/mol. The van der Waals surface area contributed by atoms with Gasteiger partial charge in [0.15, 0.2) is 5.96 Å². The number of hydrogen-bond donors (Lipinski definition) is 4. The molecule has 25 heavy (non-hydrogen) atoms. The molecule has 10 nitrogen and oxygen atoms in total. The van der Waals surface area contributed by atoms with Crippen LogP contribution >= 0.6 is 11.8 Å². The van der Waals surface area contributed by atoms with Crippen molar-refractivity contribution in [3.8, 4) is 11.5 Å². The Bertz CT molecular complexity index is 785. The number of carbonyl (C=O) groups is 2. The molecule has 1 unspecified atom stereocenters. The third-order valence-electron chi connectivity index (χ3n) is 2.85. The van der Waals surface area contributed by atoms with Crippen molar-refractivity contribution in [2.75, 3.05) is 5.75 Å². The number of aliphatic imine (C=N–C) groups is 1. The van der Waals surface area contributed by atoms with E-state index in [9.17, 15) is 9.59 Å². The van der Waals surface area contributed by atoms with E-state index in [-0.39, 0.29) is 22.8 Å². The molecule has 1 aromatic heterocycles. The van der Waals surface area contributed by atoms with Gasteiger partial charge < -0.3 is 26.3 Å². The van der Waals surface area contributed by atoms with Gasteiger partial charge in [0.1, 0.15) is 6.04 Å². The Labute approximate surface area is 146 Å². The van der Waals surface area contributed by atoms with Gasteiger partial charge in [-0.25, -0.2) is 4.99 Å². The van der Waals surface area contributed by atoms with Crippen LogP contribution in [0.15, 0.2) is 38.9 Å². The van der Waals surface area contributed by atoms with Crippen LogP contribution in [0.2, 0.25) is 0 Å². The standard InChI is InChI=1S/C14H16N6O4S/c1-7(12(22)23)17-10(21)6-25-14-20-19-11(24-14)8-2-4-9(5-3-8)18-13(15)16/h2-5,7H,6H2,1H3,(H,17,21)(H,22,23)(H4,15,16,18). The fourth-order valence-corrected chi connectivity index (χ4v) is 2.26. The Morgan fingerprint density at radius 2 is 2.00 bits per heavy atom. The summed E-state index contributed by atoms with van der Waals surface area (Å²) in [5.41, 5.74) is 11.9. The van der Waals surface area contributed by atoms with E-state index < -0.39 is 17.9 Å². The number of amides is 1. The lowest BCUT2D eigenvalue weighted by Gasteiger charge is -2.07. The molecular weight excluding hydrogens is 348 g/mol. The first kappa shape index (κ1) is 18.3. The minimum atomic E-state index is -1.11. The first-order valence-electron chi connectivity index (χ1n) is 7.03. The molecule has 2 rings (SSSR count). The number of guanidine groups is 1. The topological polar surface area (TPSA) is 170 Å². The second-order valence-electron chi connectivity index (χ2n) is 4.87. The van der Waals surface area contributed by atoms with Crippen molar-refractivity contribution < 1.29 is 19.1 Å². The van der Waals surface area contributed by atoms with Crippen molar-refractivity contribution in [2.24, 2.45) is 16.5 Å². The average molecular weight is 364 g/mol. The first-order chi connectivity index (χ1) is 11.8. The lowest BCUT2D eigenvalue weighted by Crippen LogP contribution is -2.39. The summed E-state index contributed by atoms with van der Waals surface area (Å²) in [6, 6.07) is 5.84. The van der Waals surface area contributed by atoms with Crippen LogP contribution in [0, 0.1) is 0 Å². The van der Waals surface area contributed by atoms with Crippen LogP contribution in [0.1, 0.15) is 6.92 Å². The number of thioether (sulfide) groups is 1. The second kappa shape index (κ2) is 8.15. The van der Waals surface area contributed by atoms with E-state index in [1.165, 1.54) is 6.92 Å². The fraction of sp³-hybridized carbons (Fsp3) is 0.214. The lowest BCUT2D eigenvalue weighted by molar-refractivity contribution is -0.140. The maximum absolute atomic E-state index is 11.6. The Balaban J connectivity index is 1.95. The molecule has 0 saturated heterocycles. The smallest absolute Gasteiger partial charge is 0.325 e. The highest BCUT2D eigenvalue weighted by atomic mass is 32.2. The van der Waals surface area contributed by atoms with Crippen molar-refractivity contribution in [1.82, 2.24) is 15.5 Å². The van der Waals surface area contributed by atoms with Crippen LogP contribution in [0.4, 0.5) is 5.69 Å². The molecule has 1 atom stereocenters. The zero-order valence-corrected chi connectivity index (χ0v) is 14.0. The highest BCUT2D eigenvalue weighted by Crippen LogP contribution is 2.24. The molecule has 0 radical (unpaired) electrons. The van der Waals surface area contributed by atoms with Crippen LogP contribution in [-0.4, -0.2) is 44.9 Å². The molecule has 0 bridgehead atoms. The monoisotopic (exact) mass is 364 g/mol. The van der Waals surface area contributed by atoms with Crippen molar-refractivity contribution in [1.29, 1.82) is 0 Å². The van der Waals surface area contributed by atoms with Crippen molar-refractivity contribution in [2.45, 2.75) is 18.2 Å². The fourth-order valence-electron chi connectivity index (χ4n) is 1.68. The van der Waals surface area contributed by atoms with Crippen LogP contribution < -0.4 is 16.8 Å². The van der Waals surface area contributed by atoms with Crippen molar-refractivity contribution in [3.05, 3.63) is 24.3 Å². The van der Waals surface area contributed by atoms with Crippen molar-refractivity contribution in [3.63, 3.8) is 0 Å². The van der Waals surface area contributed by atoms with Gasteiger partial charge in [0.05, 0.1) is 11.4 Å². The zero-order chi connectivity index (χ0) is 18.4. The van der Waals surface area contributed by atoms with Crippen LogP contribution in [0.3, 0.4) is 0 Å². The van der Waals surface area contributed by atoms with Gasteiger partial charge in [-0.05, 0) is 31.2 Å². The SMILES string of the molecule is CC(NC(=O)CSc1nnc(-c2ccc(N=C(N)N)cc2)o1)C(=O)O. The van der Waals surface area contributed by atoms with Gasteiger partial charge in [-0.1, -0.05) is 11.8 Å². The number of aromatic nitrogens is 2. The van der Waals surface area contributed by atoms with E-state index >= 15 is 0 Å². The van der Waals surface area contributed by atoms with Crippen LogP contribution in [-0.2, 0) is 9.59 Å². The van der Waals surface area contributed by atoms with Gasteiger partial charge in [0.25, 0.3) is 5.22 Å². The number of aliphatic carboxylic acids is 1. The number of hydrogen-bond acceptors (Lipinski definition) is 7. The number of nitrogens with one attached hydrogen (secondary N) is 1. The molecule has 0 aliphatic heterocycles. The van der Waals surface area contributed by atoms with Gasteiger partial charge >= 0.3 is 5.97 Å². The van der Waals surface area contributed by atoms with Gasteiger partial charge in [0, 0.05) is 5.56 Å². The van der Waals surface area contributed by atoms with E-state index in [2.05, 4.69) is 20.5 Å². The van der Waals surface area contributed by atoms with Crippen LogP contribution in [0.5, 0.6) is 0 Å². The normalized spacial score (nSPS) is 11.6. The Hall–Kier alpha value is -3.08. The van der Waals surface area contributed by atoms with Gasteiger partial charge in [0.2, 0.25) is 11.8 Å². The van der Waals surface area contributed by atoms with Gasteiger partial charge in [-0.3, -0.25) is 9.59 Å². The number of carboxylic acid groups (broad SMARTS) is 1. The number of carbonyl (C=O) groups excluding carboxylic acids is 1. The van der Waals surface area contributed by atoms with Crippen molar-refractivity contribution >= 4 is 35.3 Å². The quantitative estimate of drug-likeness (QED) is 0.307. The summed E-state index contributed by atoms with van der Waals surface area (Å²) in [4.78, 5) is 26.2. The number of benzene rings is 1. The summed E-state index contributed by atoms with van der Waals surface area (Å²) in [6.45, 7) is 1.38. The molecule has 1 amide bonds. The predicted octanol–water partition coefficient (Wildman–Crippen LogP) is 0.323. The molecule has 0 spiro atoms. The summed E-state index contributed by atoms with van der Waals surface area (Å²) < 4.78 is 5.45. The number of nitrogens with zero attached hydrogens (tertiary/aromatic N) is 3. The third-order valence-corrected chi connectivity index (χ3v) is 3.67. The summed E-state index contributed by atoms with van der Waals surface area (Å²) in [7, 11) is 0. The molecule has 11 heteroatoms. The molecule has 6 N–H and O–H groups in total. The van der Waals surface area contributed by atoms with E-state index in [4.69, 9.17) is 21.0 Å². The minimum absolute atomic E-state index is 0.0390. The zero-order valence-electron chi connectivity index (χ0n) is 13.2. The largest absolute Gasteiger partial charge is 0.480 e.